The minimum absolute atomic E-state index is 0.753. The fraction of sp³-hybridized carbons (Fsp3) is 0.667. The van der Waals surface area contributed by atoms with Crippen LogP contribution in [0.1, 0.15) is 0 Å². The van der Waals surface area contributed by atoms with Crippen molar-refractivity contribution in [3.8, 4) is 0 Å². The first kappa shape index (κ1) is 6.33. The largest absolute Gasteiger partial charge is 0.420 e. The standard InChI is InChI=1S/C3H3F2O2/c4-1-3(5)7-2-6/h3H,1H2. The molecule has 0 rings (SSSR count). The van der Waals surface area contributed by atoms with Gasteiger partial charge in [-0.2, -0.15) is 4.39 Å². The van der Waals surface area contributed by atoms with Crippen molar-refractivity contribution < 1.29 is 18.3 Å². The van der Waals surface area contributed by atoms with Gasteiger partial charge < -0.3 is 4.74 Å². The summed E-state index contributed by atoms with van der Waals surface area (Å²) >= 11 is 0. The van der Waals surface area contributed by atoms with Gasteiger partial charge in [-0.3, -0.25) is 0 Å². The molecule has 0 fully saturated rings. The highest BCUT2D eigenvalue weighted by atomic mass is 19.2. The van der Waals surface area contributed by atoms with Gasteiger partial charge in [0.2, 0.25) is 0 Å². The van der Waals surface area contributed by atoms with Gasteiger partial charge in [0.15, 0.2) is 6.67 Å². The van der Waals surface area contributed by atoms with E-state index in [2.05, 4.69) is 4.74 Å². The lowest BCUT2D eigenvalue weighted by Gasteiger charge is -1.94. The van der Waals surface area contributed by atoms with Crippen LogP contribution in [-0.2, 0) is 9.53 Å². The zero-order chi connectivity index (χ0) is 5.70. The minimum Gasteiger partial charge on any atom is -0.420 e. The van der Waals surface area contributed by atoms with Gasteiger partial charge in [0.05, 0.1) is 0 Å². The quantitative estimate of drug-likeness (QED) is 0.522. The summed E-state index contributed by atoms with van der Waals surface area (Å²) in [7, 11) is 0. The maximum atomic E-state index is 11.3. The molecule has 0 aromatic carbocycles. The van der Waals surface area contributed by atoms with E-state index in [1.165, 1.54) is 0 Å². The lowest BCUT2D eigenvalue weighted by Crippen LogP contribution is -2.05. The molecular weight excluding hydrogens is 106 g/mol. The number of rotatable bonds is 3. The second-order valence-corrected chi connectivity index (χ2v) is 0.766. The van der Waals surface area contributed by atoms with Crippen LogP contribution in [0.4, 0.5) is 8.78 Å². The molecule has 0 saturated carbocycles. The summed E-state index contributed by atoms with van der Waals surface area (Å²) in [5, 5.41) is 0. The van der Waals surface area contributed by atoms with Crippen LogP contribution >= 0.6 is 0 Å². The Morgan fingerprint density at radius 2 is 2.43 bits per heavy atom. The lowest BCUT2D eigenvalue weighted by atomic mass is 10.8. The SMILES string of the molecule is O=[C]OC(F)CF. The monoisotopic (exact) mass is 109 g/mol. The van der Waals surface area contributed by atoms with E-state index >= 15 is 0 Å². The maximum absolute atomic E-state index is 11.3. The van der Waals surface area contributed by atoms with E-state index in [0.717, 1.165) is 6.47 Å². The van der Waals surface area contributed by atoms with Crippen LogP contribution in [0.5, 0.6) is 0 Å². The third kappa shape index (κ3) is 3.15. The molecule has 4 heteroatoms. The molecule has 1 unspecified atom stereocenters. The van der Waals surface area contributed by atoms with Crippen molar-refractivity contribution in [3.05, 3.63) is 0 Å². The Bertz CT molecular complexity index is 56.9. The van der Waals surface area contributed by atoms with Gasteiger partial charge >= 0.3 is 6.47 Å². The van der Waals surface area contributed by atoms with Crippen LogP contribution in [-0.4, -0.2) is 19.5 Å². The Balaban J connectivity index is 2.98. The number of carbonyl (C=O) groups excluding carboxylic acids is 1. The first-order valence-electron chi connectivity index (χ1n) is 1.54. The van der Waals surface area contributed by atoms with E-state index in [-0.39, 0.29) is 0 Å². The van der Waals surface area contributed by atoms with Crippen molar-refractivity contribution in [2.45, 2.75) is 6.36 Å². The highest BCUT2D eigenvalue weighted by Gasteiger charge is 2.02. The van der Waals surface area contributed by atoms with Gasteiger partial charge in [0, 0.05) is 0 Å². The fourth-order valence-corrected chi connectivity index (χ4v) is 0.0837. The van der Waals surface area contributed by atoms with E-state index in [9.17, 15) is 8.78 Å². The van der Waals surface area contributed by atoms with Crippen molar-refractivity contribution in [1.29, 1.82) is 0 Å². The van der Waals surface area contributed by atoms with E-state index in [1.54, 1.807) is 0 Å². The predicted octanol–water partition coefficient (Wildman–Crippen LogP) is 0.335. The molecule has 0 spiro atoms. The van der Waals surface area contributed by atoms with Crippen molar-refractivity contribution in [3.63, 3.8) is 0 Å². The van der Waals surface area contributed by atoms with Gasteiger partial charge in [0.1, 0.15) is 0 Å². The topological polar surface area (TPSA) is 26.3 Å². The molecule has 7 heavy (non-hydrogen) atoms. The number of ether oxygens (including phenoxy) is 1. The summed E-state index contributed by atoms with van der Waals surface area (Å²) in [4.78, 5) is 9.02. The Morgan fingerprint density at radius 1 is 1.86 bits per heavy atom. The van der Waals surface area contributed by atoms with E-state index in [0.29, 0.717) is 0 Å². The van der Waals surface area contributed by atoms with E-state index in [4.69, 9.17) is 4.79 Å². The molecule has 0 aromatic heterocycles. The van der Waals surface area contributed by atoms with Gasteiger partial charge in [-0.25, -0.2) is 9.18 Å². The molecule has 41 valence electrons. The zero-order valence-corrected chi connectivity index (χ0v) is 3.36. The van der Waals surface area contributed by atoms with Gasteiger partial charge in [-0.05, 0) is 0 Å². The highest BCUT2D eigenvalue weighted by molar-refractivity contribution is 5.38. The van der Waals surface area contributed by atoms with Crippen LogP contribution in [0.25, 0.3) is 0 Å². The Kier molecular flexibility index (Phi) is 3.18. The second kappa shape index (κ2) is 3.52. The summed E-state index contributed by atoms with van der Waals surface area (Å²) < 4.78 is 25.5. The molecule has 1 radical (unpaired) electrons. The number of halogens is 2. The molecular formula is C3H3F2O2. The first-order valence-corrected chi connectivity index (χ1v) is 1.54. The van der Waals surface area contributed by atoms with E-state index < -0.39 is 13.0 Å². The predicted molar refractivity (Wildman–Crippen MR) is 17.6 cm³/mol. The van der Waals surface area contributed by atoms with Crippen molar-refractivity contribution in [2.75, 3.05) is 6.67 Å². The molecule has 0 amide bonds. The van der Waals surface area contributed by atoms with Crippen LogP contribution in [0, 0.1) is 0 Å². The normalized spacial score (nSPS) is 12.9. The van der Waals surface area contributed by atoms with Crippen LogP contribution in [0.3, 0.4) is 0 Å². The van der Waals surface area contributed by atoms with E-state index in [1.807, 2.05) is 0 Å². The van der Waals surface area contributed by atoms with Crippen LogP contribution < -0.4 is 0 Å². The van der Waals surface area contributed by atoms with Crippen molar-refractivity contribution in [2.24, 2.45) is 0 Å². The summed E-state index contributed by atoms with van der Waals surface area (Å²) in [5.74, 6) is 0. The number of alkyl halides is 2. The second-order valence-electron chi connectivity index (χ2n) is 0.766. The van der Waals surface area contributed by atoms with Gasteiger partial charge in [-0.1, -0.05) is 0 Å². The Morgan fingerprint density at radius 3 is 2.57 bits per heavy atom. The van der Waals surface area contributed by atoms with Gasteiger partial charge in [0.25, 0.3) is 6.36 Å². The van der Waals surface area contributed by atoms with Gasteiger partial charge in [-0.15, -0.1) is 0 Å². The molecule has 0 aliphatic rings. The first-order chi connectivity index (χ1) is 3.31. The third-order valence-corrected chi connectivity index (χ3v) is 0.297. The molecule has 0 bridgehead atoms. The molecule has 0 aromatic rings. The highest BCUT2D eigenvalue weighted by Crippen LogP contribution is 1.89. The fourth-order valence-electron chi connectivity index (χ4n) is 0.0837. The number of hydrogen-bond acceptors (Lipinski definition) is 2. The van der Waals surface area contributed by atoms with Crippen molar-refractivity contribution in [1.82, 2.24) is 0 Å². The van der Waals surface area contributed by atoms with Crippen molar-refractivity contribution >= 4 is 6.47 Å². The third-order valence-electron chi connectivity index (χ3n) is 0.297. The Labute approximate surface area is 39.1 Å². The summed E-state index contributed by atoms with van der Waals surface area (Å²) in [6.07, 6.45) is -2.14. The number of hydrogen-bond donors (Lipinski definition) is 0. The molecule has 1 atom stereocenters. The summed E-state index contributed by atoms with van der Waals surface area (Å²) in [6, 6.07) is 0. The summed E-state index contributed by atoms with van der Waals surface area (Å²) in [5.41, 5.74) is 0. The van der Waals surface area contributed by atoms with Crippen LogP contribution in [0.15, 0.2) is 0 Å². The molecule has 0 heterocycles. The maximum Gasteiger partial charge on any atom is 0.420 e. The average Bonchev–Trinajstić information content (AvgIpc) is 1.68. The Hall–Kier alpha value is -0.670. The molecule has 0 aliphatic heterocycles. The smallest absolute Gasteiger partial charge is 0.420 e. The zero-order valence-electron chi connectivity index (χ0n) is 3.36. The van der Waals surface area contributed by atoms with Crippen LogP contribution in [0.2, 0.25) is 0 Å². The molecule has 2 nitrogen and oxygen atoms in total. The summed E-state index contributed by atoms with van der Waals surface area (Å²) in [6.45, 7) is -0.557. The minimum atomic E-state index is -2.14. The lowest BCUT2D eigenvalue weighted by molar-refractivity contribution is 0.0295. The molecule has 0 N–H and O–H groups in total. The molecule has 0 saturated heterocycles. The average molecular weight is 109 g/mol. The molecule has 0 aliphatic carbocycles.